The molecule has 2 aromatic rings. The maximum absolute atomic E-state index is 12.8. The Bertz CT molecular complexity index is 907. The van der Waals surface area contributed by atoms with Gasteiger partial charge in [0.2, 0.25) is 5.91 Å². The first-order valence-corrected chi connectivity index (χ1v) is 9.53. The van der Waals surface area contributed by atoms with Gasteiger partial charge in [0.1, 0.15) is 5.82 Å². The van der Waals surface area contributed by atoms with E-state index in [1.807, 2.05) is 0 Å². The Kier molecular flexibility index (Phi) is 6.43. The van der Waals surface area contributed by atoms with E-state index in [9.17, 15) is 14.4 Å². The molecular formula is C21H24N4O4. The van der Waals surface area contributed by atoms with Crippen LogP contribution in [0.15, 0.2) is 42.6 Å². The fourth-order valence-corrected chi connectivity index (χ4v) is 3.16. The van der Waals surface area contributed by atoms with Crippen LogP contribution in [0.4, 0.5) is 11.5 Å². The van der Waals surface area contributed by atoms with Crippen molar-refractivity contribution in [2.45, 2.75) is 13.8 Å². The van der Waals surface area contributed by atoms with Crippen LogP contribution in [0, 0.1) is 0 Å². The van der Waals surface area contributed by atoms with Crippen molar-refractivity contribution in [3.05, 3.63) is 53.7 Å². The molecule has 1 fully saturated rings. The molecule has 1 aromatic carbocycles. The Morgan fingerprint density at radius 3 is 2.45 bits per heavy atom. The Morgan fingerprint density at radius 1 is 1.07 bits per heavy atom. The lowest BCUT2D eigenvalue weighted by Crippen LogP contribution is -2.50. The van der Waals surface area contributed by atoms with E-state index in [0.717, 1.165) is 0 Å². The Balaban J connectivity index is 1.73. The Hall–Kier alpha value is -3.42. The van der Waals surface area contributed by atoms with Gasteiger partial charge in [-0.25, -0.2) is 9.78 Å². The highest BCUT2D eigenvalue weighted by Crippen LogP contribution is 2.21. The third kappa shape index (κ3) is 4.90. The molecule has 2 amide bonds. The van der Waals surface area contributed by atoms with E-state index in [2.05, 4.69) is 10.3 Å². The molecule has 0 radical (unpaired) electrons. The van der Waals surface area contributed by atoms with E-state index < -0.39 is 5.97 Å². The summed E-state index contributed by atoms with van der Waals surface area (Å²) in [6.45, 7) is 5.62. The van der Waals surface area contributed by atoms with Gasteiger partial charge in [0.25, 0.3) is 5.91 Å². The SMILES string of the molecule is CCOC(=O)c1ccccc1Nc1cc(C(=O)N2CCN(C(C)=O)CC2)ccn1. The standard InChI is InChI=1S/C21H24N4O4/c1-3-29-21(28)17-6-4-5-7-18(17)23-19-14-16(8-9-22-19)20(27)25-12-10-24(11-13-25)15(2)26/h4-9,14H,3,10-13H2,1-2H3,(H,22,23). The number of pyridine rings is 1. The van der Waals surface area contributed by atoms with Crippen molar-refractivity contribution in [3.63, 3.8) is 0 Å². The van der Waals surface area contributed by atoms with Crippen LogP contribution in [-0.4, -0.2) is 65.4 Å². The lowest BCUT2D eigenvalue weighted by molar-refractivity contribution is -0.130. The second kappa shape index (κ2) is 9.18. The average Bonchev–Trinajstić information content (AvgIpc) is 2.74. The number of amides is 2. The van der Waals surface area contributed by atoms with Crippen LogP contribution in [0.3, 0.4) is 0 Å². The van der Waals surface area contributed by atoms with Gasteiger partial charge >= 0.3 is 5.97 Å². The number of hydrogen-bond acceptors (Lipinski definition) is 6. The highest BCUT2D eigenvalue weighted by atomic mass is 16.5. The fraction of sp³-hybridized carbons (Fsp3) is 0.333. The molecule has 1 N–H and O–H groups in total. The molecule has 3 rings (SSSR count). The van der Waals surface area contributed by atoms with Gasteiger partial charge in [0.15, 0.2) is 0 Å². The summed E-state index contributed by atoms with van der Waals surface area (Å²) < 4.78 is 5.08. The van der Waals surface area contributed by atoms with Gasteiger partial charge in [-0.15, -0.1) is 0 Å². The summed E-state index contributed by atoms with van der Waals surface area (Å²) in [6, 6.07) is 10.3. The summed E-state index contributed by atoms with van der Waals surface area (Å²) in [5.74, 6) is -0.0637. The molecule has 8 nitrogen and oxygen atoms in total. The molecule has 1 aliphatic rings. The summed E-state index contributed by atoms with van der Waals surface area (Å²) in [7, 11) is 0. The van der Waals surface area contributed by atoms with Crippen molar-refractivity contribution in [2.24, 2.45) is 0 Å². The van der Waals surface area contributed by atoms with Crippen molar-refractivity contribution >= 4 is 29.3 Å². The summed E-state index contributed by atoms with van der Waals surface area (Å²) >= 11 is 0. The van der Waals surface area contributed by atoms with Crippen molar-refractivity contribution < 1.29 is 19.1 Å². The molecule has 1 saturated heterocycles. The molecule has 0 atom stereocenters. The van der Waals surface area contributed by atoms with E-state index in [4.69, 9.17) is 4.74 Å². The number of hydrogen-bond donors (Lipinski definition) is 1. The number of nitrogens with zero attached hydrogens (tertiary/aromatic N) is 3. The van der Waals surface area contributed by atoms with Crippen LogP contribution in [0.2, 0.25) is 0 Å². The average molecular weight is 396 g/mol. The zero-order valence-electron chi connectivity index (χ0n) is 16.6. The smallest absolute Gasteiger partial charge is 0.340 e. The van der Waals surface area contributed by atoms with E-state index in [1.54, 1.807) is 59.3 Å². The molecule has 0 saturated carbocycles. The first kappa shape index (κ1) is 20.3. The third-order valence-electron chi connectivity index (χ3n) is 4.70. The summed E-state index contributed by atoms with van der Waals surface area (Å²) in [6.07, 6.45) is 1.55. The largest absolute Gasteiger partial charge is 0.462 e. The lowest BCUT2D eigenvalue weighted by Gasteiger charge is -2.34. The molecule has 152 valence electrons. The topological polar surface area (TPSA) is 91.8 Å². The number of carbonyl (C=O) groups is 3. The second-order valence-electron chi connectivity index (χ2n) is 6.62. The maximum Gasteiger partial charge on any atom is 0.340 e. The first-order chi connectivity index (χ1) is 14.0. The van der Waals surface area contributed by atoms with Crippen LogP contribution in [0.5, 0.6) is 0 Å². The minimum Gasteiger partial charge on any atom is -0.462 e. The summed E-state index contributed by atoms with van der Waals surface area (Å²) in [5.41, 5.74) is 1.44. The van der Waals surface area contributed by atoms with Gasteiger partial charge in [-0.3, -0.25) is 9.59 Å². The fourth-order valence-electron chi connectivity index (χ4n) is 3.16. The zero-order valence-corrected chi connectivity index (χ0v) is 16.6. The van der Waals surface area contributed by atoms with Gasteiger partial charge in [0, 0.05) is 44.9 Å². The van der Waals surface area contributed by atoms with Crippen molar-refractivity contribution in [3.8, 4) is 0 Å². The van der Waals surface area contributed by atoms with Gasteiger partial charge in [0.05, 0.1) is 17.9 Å². The van der Waals surface area contributed by atoms with Crippen molar-refractivity contribution in [1.82, 2.24) is 14.8 Å². The van der Waals surface area contributed by atoms with Gasteiger partial charge in [-0.1, -0.05) is 12.1 Å². The monoisotopic (exact) mass is 396 g/mol. The lowest BCUT2D eigenvalue weighted by atomic mass is 10.1. The number of para-hydroxylation sites is 1. The van der Waals surface area contributed by atoms with E-state index in [1.165, 1.54) is 6.92 Å². The molecule has 1 aromatic heterocycles. The Morgan fingerprint density at radius 2 is 1.76 bits per heavy atom. The zero-order chi connectivity index (χ0) is 20.8. The minimum absolute atomic E-state index is 0.0211. The molecule has 0 aliphatic carbocycles. The molecule has 29 heavy (non-hydrogen) atoms. The number of piperazine rings is 1. The van der Waals surface area contributed by atoms with Crippen molar-refractivity contribution in [1.29, 1.82) is 0 Å². The van der Waals surface area contributed by atoms with Crippen LogP contribution < -0.4 is 5.32 Å². The van der Waals surface area contributed by atoms with Gasteiger partial charge < -0.3 is 19.9 Å². The number of rotatable bonds is 5. The molecule has 2 heterocycles. The van der Waals surface area contributed by atoms with E-state index in [-0.39, 0.29) is 18.4 Å². The first-order valence-electron chi connectivity index (χ1n) is 9.53. The number of esters is 1. The number of aromatic nitrogens is 1. The minimum atomic E-state index is -0.425. The Labute approximate surface area is 169 Å². The number of anilines is 2. The van der Waals surface area contributed by atoms with Crippen LogP contribution in [0.25, 0.3) is 0 Å². The van der Waals surface area contributed by atoms with Crippen molar-refractivity contribution in [2.75, 3.05) is 38.1 Å². The summed E-state index contributed by atoms with van der Waals surface area (Å²) in [4.78, 5) is 44.1. The maximum atomic E-state index is 12.8. The summed E-state index contributed by atoms with van der Waals surface area (Å²) in [5, 5.41) is 3.10. The number of nitrogens with one attached hydrogen (secondary N) is 1. The second-order valence-corrected chi connectivity index (χ2v) is 6.62. The highest BCUT2D eigenvalue weighted by molar-refractivity contribution is 5.97. The molecule has 0 spiro atoms. The number of benzene rings is 1. The molecule has 1 aliphatic heterocycles. The van der Waals surface area contributed by atoms with Gasteiger partial charge in [-0.2, -0.15) is 0 Å². The number of carbonyl (C=O) groups excluding carboxylic acids is 3. The predicted molar refractivity (Wildman–Crippen MR) is 108 cm³/mol. The number of ether oxygens (including phenoxy) is 1. The van der Waals surface area contributed by atoms with Gasteiger partial charge in [-0.05, 0) is 31.2 Å². The highest BCUT2D eigenvalue weighted by Gasteiger charge is 2.23. The normalized spacial score (nSPS) is 13.7. The molecule has 0 unspecified atom stereocenters. The van der Waals surface area contributed by atoms with E-state index >= 15 is 0 Å². The quantitative estimate of drug-likeness (QED) is 0.780. The predicted octanol–water partition coefficient (Wildman–Crippen LogP) is 2.31. The molecule has 0 bridgehead atoms. The van der Waals surface area contributed by atoms with Crippen LogP contribution in [-0.2, 0) is 9.53 Å². The molecular weight excluding hydrogens is 372 g/mol. The third-order valence-corrected chi connectivity index (χ3v) is 4.70. The van der Waals surface area contributed by atoms with E-state index in [0.29, 0.717) is 48.8 Å². The van der Waals surface area contributed by atoms with Crippen LogP contribution in [0.1, 0.15) is 34.6 Å². The van der Waals surface area contributed by atoms with Crippen LogP contribution >= 0.6 is 0 Å². The molecule has 8 heteroatoms.